The van der Waals surface area contributed by atoms with Gasteiger partial charge in [0.15, 0.2) is 0 Å². The van der Waals surface area contributed by atoms with E-state index < -0.39 is 23.8 Å². The van der Waals surface area contributed by atoms with E-state index in [1.165, 1.54) is 19.3 Å². The monoisotopic (exact) mass is 450 g/mol. The first-order chi connectivity index (χ1) is 15.8. The Morgan fingerprint density at radius 3 is 2.52 bits per heavy atom. The number of amides is 4. The molecule has 1 saturated heterocycles. The second kappa shape index (κ2) is 7.21. The number of benzene rings is 1. The summed E-state index contributed by atoms with van der Waals surface area (Å²) in [5, 5.41) is 5.83. The van der Waals surface area contributed by atoms with Crippen LogP contribution in [0.3, 0.4) is 0 Å². The molecule has 1 aromatic carbocycles. The lowest BCUT2D eigenvalue weighted by atomic mass is 9.47. The van der Waals surface area contributed by atoms with Gasteiger partial charge in [0.2, 0.25) is 11.8 Å². The van der Waals surface area contributed by atoms with E-state index in [2.05, 4.69) is 10.6 Å². The fourth-order valence-corrected chi connectivity index (χ4v) is 7.93. The standard InChI is InChI=1S/C25H30N4O4/c26-25-9-14-6-15(10-25)8-24(7-14,12-25)13-27-11-16-2-1-3-17-20(16)23(33)29(22(17)32)18-4-5-19(30)28-21(18)31/h1-3,14-15,18,27H,4-13,26H2,(H,28,30,31). The Hall–Kier alpha value is -2.58. The van der Waals surface area contributed by atoms with Crippen LogP contribution in [-0.4, -0.2) is 46.7 Å². The summed E-state index contributed by atoms with van der Waals surface area (Å²) in [5.74, 6) is -0.393. The summed E-state index contributed by atoms with van der Waals surface area (Å²) in [5.41, 5.74) is 8.43. The third-order valence-electron chi connectivity index (χ3n) is 8.60. The summed E-state index contributed by atoms with van der Waals surface area (Å²) < 4.78 is 0. The summed E-state index contributed by atoms with van der Waals surface area (Å²) in [6, 6.07) is 4.36. The second-order valence-corrected chi connectivity index (χ2v) is 11.2. The van der Waals surface area contributed by atoms with Gasteiger partial charge >= 0.3 is 0 Å². The highest BCUT2D eigenvalue weighted by Gasteiger charge is 2.56. The molecule has 1 aromatic rings. The number of carbonyl (C=O) groups excluding carboxylic acids is 4. The summed E-state index contributed by atoms with van der Waals surface area (Å²) >= 11 is 0. The molecule has 7 rings (SSSR count). The molecule has 3 unspecified atom stereocenters. The van der Waals surface area contributed by atoms with Crippen LogP contribution >= 0.6 is 0 Å². The van der Waals surface area contributed by atoms with Crippen LogP contribution in [0.15, 0.2) is 18.2 Å². The van der Waals surface area contributed by atoms with Gasteiger partial charge in [0, 0.05) is 25.0 Å². The molecule has 33 heavy (non-hydrogen) atoms. The van der Waals surface area contributed by atoms with Crippen molar-refractivity contribution in [3.05, 3.63) is 34.9 Å². The molecular formula is C25H30N4O4. The molecule has 0 radical (unpaired) electrons. The molecule has 0 spiro atoms. The number of nitrogens with two attached hydrogens (primary N) is 1. The first-order valence-corrected chi connectivity index (χ1v) is 12.1. The van der Waals surface area contributed by atoms with Crippen LogP contribution in [0.25, 0.3) is 0 Å². The van der Waals surface area contributed by atoms with E-state index in [0.717, 1.165) is 48.1 Å². The molecule has 4 saturated carbocycles. The minimum absolute atomic E-state index is 0.00933. The highest BCUT2D eigenvalue weighted by molar-refractivity contribution is 6.24. The van der Waals surface area contributed by atoms with Crippen LogP contribution in [-0.2, 0) is 16.1 Å². The maximum absolute atomic E-state index is 13.3. The van der Waals surface area contributed by atoms with Crippen LogP contribution in [0.2, 0.25) is 0 Å². The van der Waals surface area contributed by atoms with E-state index in [1.54, 1.807) is 12.1 Å². The van der Waals surface area contributed by atoms with E-state index in [1.807, 2.05) is 6.07 Å². The van der Waals surface area contributed by atoms with E-state index in [4.69, 9.17) is 5.73 Å². The Balaban J connectivity index is 1.19. The van der Waals surface area contributed by atoms with Gasteiger partial charge in [-0.25, -0.2) is 0 Å². The SMILES string of the molecule is NC12CC3CC(C1)CC(CNCc1cccc4c1C(=O)N(C1CCC(=O)NC1=O)C4=O)(C3)C2. The summed E-state index contributed by atoms with van der Waals surface area (Å²) in [6.07, 6.45) is 7.42. The van der Waals surface area contributed by atoms with Gasteiger partial charge in [0.05, 0.1) is 11.1 Å². The van der Waals surface area contributed by atoms with Gasteiger partial charge in [0.25, 0.3) is 11.8 Å². The third kappa shape index (κ3) is 3.34. The number of fused-ring (bicyclic) bond motifs is 1. The Kier molecular flexibility index (Phi) is 4.58. The quantitative estimate of drug-likeness (QED) is 0.584. The van der Waals surface area contributed by atoms with E-state index >= 15 is 0 Å². The average molecular weight is 451 g/mol. The van der Waals surface area contributed by atoms with Gasteiger partial charge in [-0.2, -0.15) is 0 Å². The molecule has 4 aliphatic carbocycles. The van der Waals surface area contributed by atoms with Crippen molar-refractivity contribution in [2.24, 2.45) is 23.0 Å². The van der Waals surface area contributed by atoms with Crippen molar-refractivity contribution >= 4 is 23.6 Å². The number of piperidine rings is 1. The molecule has 4 bridgehead atoms. The Morgan fingerprint density at radius 1 is 1.06 bits per heavy atom. The minimum Gasteiger partial charge on any atom is -0.325 e. The van der Waals surface area contributed by atoms with Gasteiger partial charge in [-0.05, 0) is 73.8 Å². The van der Waals surface area contributed by atoms with Crippen molar-refractivity contribution in [2.75, 3.05) is 6.54 Å². The number of nitrogens with one attached hydrogen (secondary N) is 2. The largest absolute Gasteiger partial charge is 0.325 e. The van der Waals surface area contributed by atoms with Crippen molar-refractivity contribution in [1.82, 2.24) is 15.5 Å². The van der Waals surface area contributed by atoms with Crippen molar-refractivity contribution in [1.29, 1.82) is 0 Å². The average Bonchev–Trinajstić information content (AvgIpc) is 2.97. The maximum atomic E-state index is 13.3. The van der Waals surface area contributed by atoms with Crippen LogP contribution < -0.4 is 16.4 Å². The topological polar surface area (TPSA) is 122 Å². The lowest BCUT2D eigenvalue weighted by Crippen LogP contribution is -2.62. The van der Waals surface area contributed by atoms with Crippen molar-refractivity contribution < 1.29 is 19.2 Å². The van der Waals surface area contributed by atoms with Crippen LogP contribution in [0.1, 0.15) is 77.6 Å². The third-order valence-corrected chi connectivity index (χ3v) is 8.60. The summed E-state index contributed by atoms with van der Waals surface area (Å²) in [6.45, 7) is 1.35. The van der Waals surface area contributed by atoms with Crippen LogP contribution in [0.5, 0.6) is 0 Å². The molecule has 2 heterocycles. The molecular weight excluding hydrogens is 420 g/mol. The lowest BCUT2D eigenvalue weighted by molar-refractivity contribution is -0.136. The molecule has 5 fully saturated rings. The van der Waals surface area contributed by atoms with Crippen LogP contribution in [0, 0.1) is 17.3 Å². The molecule has 3 atom stereocenters. The highest BCUT2D eigenvalue weighted by atomic mass is 16.2. The number of imide groups is 2. The maximum Gasteiger partial charge on any atom is 0.262 e. The predicted octanol–water partition coefficient (Wildman–Crippen LogP) is 1.48. The van der Waals surface area contributed by atoms with Crippen molar-refractivity contribution in [2.45, 2.75) is 69.5 Å². The first kappa shape index (κ1) is 21.0. The van der Waals surface area contributed by atoms with Crippen molar-refractivity contribution in [3.63, 3.8) is 0 Å². The zero-order valence-electron chi connectivity index (χ0n) is 18.7. The molecule has 4 amide bonds. The summed E-state index contributed by atoms with van der Waals surface area (Å²) in [7, 11) is 0. The molecule has 8 heteroatoms. The number of hydrogen-bond acceptors (Lipinski definition) is 6. The van der Waals surface area contributed by atoms with Crippen molar-refractivity contribution in [3.8, 4) is 0 Å². The molecule has 8 nitrogen and oxygen atoms in total. The fraction of sp³-hybridized carbons (Fsp3) is 0.600. The molecule has 2 aliphatic heterocycles. The Bertz CT molecular complexity index is 1070. The van der Waals surface area contributed by atoms with E-state index in [0.29, 0.717) is 17.7 Å². The van der Waals surface area contributed by atoms with Gasteiger partial charge in [0.1, 0.15) is 6.04 Å². The molecule has 4 N–H and O–H groups in total. The Labute approximate surface area is 192 Å². The Morgan fingerprint density at radius 2 is 1.82 bits per heavy atom. The highest BCUT2D eigenvalue weighted by Crippen LogP contribution is 2.60. The lowest BCUT2D eigenvalue weighted by Gasteiger charge is -2.61. The second-order valence-electron chi connectivity index (χ2n) is 11.2. The number of rotatable bonds is 5. The first-order valence-electron chi connectivity index (χ1n) is 12.1. The minimum atomic E-state index is -0.941. The van der Waals surface area contributed by atoms with Gasteiger partial charge in [-0.1, -0.05) is 12.1 Å². The van der Waals surface area contributed by atoms with Gasteiger partial charge < -0.3 is 11.1 Å². The smallest absolute Gasteiger partial charge is 0.262 e. The van der Waals surface area contributed by atoms with E-state index in [9.17, 15) is 19.2 Å². The fourth-order valence-electron chi connectivity index (χ4n) is 7.93. The van der Waals surface area contributed by atoms with Crippen LogP contribution in [0.4, 0.5) is 0 Å². The number of nitrogens with zero attached hydrogens (tertiary/aromatic N) is 1. The number of hydrogen-bond donors (Lipinski definition) is 3. The molecule has 174 valence electrons. The predicted molar refractivity (Wildman–Crippen MR) is 119 cm³/mol. The van der Waals surface area contributed by atoms with Gasteiger partial charge in [-0.3, -0.25) is 29.4 Å². The number of carbonyl (C=O) groups is 4. The molecule has 6 aliphatic rings. The summed E-state index contributed by atoms with van der Waals surface area (Å²) in [4.78, 5) is 51.2. The molecule has 0 aromatic heterocycles. The van der Waals surface area contributed by atoms with Gasteiger partial charge in [-0.15, -0.1) is 0 Å². The zero-order chi connectivity index (χ0) is 23.0. The van der Waals surface area contributed by atoms with E-state index in [-0.39, 0.29) is 29.7 Å². The normalized spacial score (nSPS) is 37.0. The zero-order valence-corrected chi connectivity index (χ0v) is 18.7.